The SMILES string of the molecule is CC(C)(C)OC(=O)NC(CN)c1cn[nH]c1. The normalized spacial score (nSPS) is 13.2. The predicted molar refractivity (Wildman–Crippen MR) is 59.8 cm³/mol. The van der Waals surface area contributed by atoms with Crippen molar-refractivity contribution in [3.05, 3.63) is 18.0 Å². The van der Waals surface area contributed by atoms with E-state index in [-0.39, 0.29) is 6.04 Å². The summed E-state index contributed by atoms with van der Waals surface area (Å²) in [5.74, 6) is 0. The Balaban J connectivity index is 2.55. The lowest BCUT2D eigenvalue weighted by Gasteiger charge is -2.22. The van der Waals surface area contributed by atoms with E-state index in [1.807, 2.05) is 20.8 Å². The van der Waals surface area contributed by atoms with Crippen molar-refractivity contribution in [2.45, 2.75) is 32.4 Å². The summed E-state index contributed by atoms with van der Waals surface area (Å²) >= 11 is 0. The lowest BCUT2D eigenvalue weighted by Crippen LogP contribution is -2.37. The summed E-state index contributed by atoms with van der Waals surface area (Å²) in [7, 11) is 0. The summed E-state index contributed by atoms with van der Waals surface area (Å²) in [6.45, 7) is 5.71. The average molecular weight is 226 g/mol. The van der Waals surface area contributed by atoms with Gasteiger partial charge in [0, 0.05) is 18.3 Å². The smallest absolute Gasteiger partial charge is 0.408 e. The first-order valence-electron chi connectivity index (χ1n) is 5.10. The zero-order chi connectivity index (χ0) is 12.2. The molecule has 4 N–H and O–H groups in total. The van der Waals surface area contributed by atoms with Crippen LogP contribution in [0.5, 0.6) is 0 Å². The van der Waals surface area contributed by atoms with Crippen LogP contribution in [0, 0.1) is 0 Å². The van der Waals surface area contributed by atoms with Crippen molar-refractivity contribution in [3.8, 4) is 0 Å². The molecule has 0 aliphatic carbocycles. The van der Waals surface area contributed by atoms with E-state index in [9.17, 15) is 4.79 Å². The Morgan fingerprint density at radius 2 is 2.38 bits per heavy atom. The number of hydrogen-bond acceptors (Lipinski definition) is 4. The average Bonchev–Trinajstić information content (AvgIpc) is 2.63. The van der Waals surface area contributed by atoms with Gasteiger partial charge in [-0.25, -0.2) is 4.79 Å². The van der Waals surface area contributed by atoms with Gasteiger partial charge in [0.25, 0.3) is 0 Å². The number of carbonyl (C=O) groups excluding carboxylic acids is 1. The highest BCUT2D eigenvalue weighted by Crippen LogP contribution is 2.11. The van der Waals surface area contributed by atoms with Gasteiger partial charge in [0.2, 0.25) is 0 Å². The Labute approximate surface area is 94.5 Å². The Morgan fingerprint density at radius 3 is 2.81 bits per heavy atom. The molecule has 1 heterocycles. The summed E-state index contributed by atoms with van der Waals surface area (Å²) in [5, 5.41) is 9.15. The van der Waals surface area contributed by atoms with Crippen LogP contribution in [-0.4, -0.2) is 28.4 Å². The molecule has 6 heteroatoms. The predicted octanol–water partition coefficient (Wildman–Crippen LogP) is 0.934. The number of nitrogens with two attached hydrogens (primary N) is 1. The maximum absolute atomic E-state index is 11.5. The molecular formula is C10H18N4O2. The van der Waals surface area contributed by atoms with Gasteiger partial charge in [0.05, 0.1) is 12.2 Å². The van der Waals surface area contributed by atoms with Gasteiger partial charge in [-0.1, -0.05) is 0 Å². The molecule has 0 bridgehead atoms. The van der Waals surface area contributed by atoms with E-state index in [4.69, 9.17) is 10.5 Å². The maximum atomic E-state index is 11.5. The lowest BCUT2D eigenvalue weighted by atomic mass is 10.1. The van der Waals surface area contributed by atoms with E-state index >= 15 is 0 Å². The molecule has 0 radical (unpaired) electrons. The lowest BCUT2D eigenvalue weighted by molar-refractivity contribution is 0.0505. The first-order chi connectivity index (χ1) is 7.42. The minimum absolute atomic E-state index is 0.284. The van der Waals surface area contributed by atoms with Gasteiger partial charge in [0.15, 0.2) is 0 Å². The number of rotatable bonds is 3. The molecule has 6 nitrogen and oxygen atoms in total. The number of nitrogens with one attached hydrogen (secondary N) is 2. The third kappa shape index (κ3) is 3.90. The van der Waals surface area contributed by atoms with Crippen LogP contribution in [0.3, 0.4) is 0 Å². The molecule has 1 amide bonds. The number of nitrogens with zero attached hydrogens (tertiary/aromatic N) is 1. The molecule has 0 saturated carbocycles. The molecule has 16 heavy (non-hydrogen) atoms. The van der Waals surface area contributed by atoms with Gasteiger partial charge in [-0.15, -0.1) is 0 Å². The Hall–Kier alpha value is -1.56. The number of carbonyl (C=O) groups is 1. The van der Waals surface area contributed by atoms with Gasteiger partial charge >= 0.3 is 6.09 Å². The monoisotopic (exact) mass is 226 g/mol. The third-order valence-corrected chi connectivity index (χ3v) is 1.85. The molecular weight excluding hydrogens is 208 g/mol. The molecule has 0 saturated heterocycles. The molecule has 1 rings (SSSR count). The van der Waals surface area contributed by atoms with Crippen molar-refractivity contribution in [2.24, 2.45) is 5.73 Å². The molecule has 1 aromatic heterocycles. The molecule has 1 unspecified atom stereocenters. The number of hydrogen-bond donors (Lipinski definition) is 3. The molecule has 90 valence electrons. The summed E-state index contributed by atoms with van der Waals surface area (Å²) in [6, 6.07) is -0.284. The zero-order valence-electron chi connectivity index (χ0n) is 9.78. The molecule has 0 fully saturated rings. The second-order valence-corrected chi connectivity index (χ2v) is 4.47. The first-order valence-corrected chi connectivity index (χ1v) is 5.10. The highest BCUT2D eigenvalue weighted by atomic mass is 16.6. The fourth-order valence-corrected chi connectivity index (χ4v) is 1.18. The van der Waals surface area contributed by atoms with Crippen molar-refractivity contribution in [3.63, 3.8) is 0 Å². The fraction of sp³-hybridized carbons (Fsp3) is 0.600. The summed E-state index contributed by atoms with van der Waals surface area (Å²) < 4.78 is 5.13. The number of amides is 1. The standard InChI is InChI=1S/C10H18N4O2/c1-10(2,3)16-9(15)14-8(4-11)7-5-12-13-6-7/h5-6,8H,4,11H2,1-3H3,(H,12,13)(H,14,15). The summed E-state index contributed by atoms with van der Waals surface area (Å²) in [4.78, 5) is 11.5. The van der Waals surface area contributed by atoms with Crippen LogP contribution in [0.4, 0.5) is 4.79 Å². The van der Waals surface area contributed by atoms with E-state index in [0.29, 0.717) is 6.54 Å². The maximum Gasteiger partial charge on any atom is 0.408 e. The topological polar surface area (TPSA) is 93.0 Å². The van der Waals surface area contributed by atoms with Crippen molar-refractivity contribution in [2.75, 3.05) is 6.54 Å². The van der Waals surface area contributed by atoms with E-state index in [1.165, 1.54) is 0 Å². The Kier molecular flexibility index (Phi) is 3.89. The van der Waals surface area contributed by atoms with E-state index < -0.39 is 11.7 Å². The van der Waals surface area contributed by atoms with Crippen molar-refractivity contribution >= 4 is 6.09 Å². The number of aromatic amines is 1. The first kappa shape index (κ1) is 12.5. The summed E-state index contributed by atoms with van der Waals surface area (Å²) in [6.07, 6.45) is 2.83. The highest BCUT2D eigenvalue weighted by molar-refractivity contribution is 5.68. The van der Waals surface area contributed by atoms with Gasteiger partial charge in [-0.05, 0) is 20.8 Å². The molecule has 0 aliphatic rings. The van der Waals surface area contributed by atoms with Gasteiger partial charge in [-0.2, -0.15) is 5.10 Å². The van der Waals surface area contributed by atoms with Gasteiger partial charge < -0.3 is 15.8 Å². The van der Waals surface area contributed by atoms with Crippen LogP contribution in [0.1, 0.15) is 32.4 Å². The van der Waals surface area contributed by atoms with E-state index in [1.54, 1.807) is 12.4 Å². The number of alkyl carbamates (subject to hydrolysis) is 1. The zero-order valence-corrected chi connectivity index (χ0v) is 9.78. The Bertz CT molecular complexity index is 329. The number of H-pyrrole nitrogens is 1. The molecule has 0 aliphatic heterocycles. The van der Waals surface area contributed by atoms with E-state index in [0.717, 1.165) is 5.56 Å². The minimum Gasteiger partial charge on any atom is -0.444 e. The largest absolute Gasteiger partial charge is 0.444 e. The van der Waals surface area contributed by atoms with Gasteiger partial charge in [-0.3, -0.25) is 5.10 Å². The van der Waals surface area contributed by atoms with Gasteiger partial charge in [0.1, 0.15) is 5.60 Å². The molecule has 0 spiro atoms. The quantitative estimate of drug-likeness (QED) is 0.715. The second-order valence-electron chi connectivity index (χ2n) is 4.47. The summed E-state index contributed by atoms with van der Waals surface area (Å²) in [5.41, 5.74) is 5.88. The van der Waals surface area contributed by atoms with Crippen LogP contribution >= 0.6 is 0 Å². The number of aromatic nitrogens is 2. The second kappa shape index (κ2) is 4.98. The van der Waals surface area contributed by atoms with Crippen molar-refractivity contribution in [1.82, 2.24) is 15.5 Å². The van der Waals surface area contributed by atoms with Crippen LogP contribution in [0.15, 0.2) is 12.4 Å². The number of ether oxygens (including phenoxy) is 1. The minimum atomic E-state index is -0.514. The van der Waals surface area contributed by atoms with Crippen LogP contribution in [0.25, 0.3) is 0 Å². The van der Waals surface area contributed by atoms with Crippen molar-refractivity contribution < 1.29 is 9.53 Å². The fourth-order valence-electron chi connectivity index (χ4n) is 1.18. The van der Waals surface area contributed by atoms with Crippen LogP contribution in [-0.2, 0) is 4.74 Å². The van der Waals surface area contributed by atoms with Crippen molar-refractivity contribution in [1.29, 1.82) is 0 Å². The molecule has 0 aromatic carbocycles. The Morgan fingerprint density at radius 1 is 1.69 bits per heavy atom. The van der Waals surface area contributed by atoms with Crippen LogP contribution in [0.2, 0.25) is 0 Å². The van der Waals surface area contributed by atoms with Crippen LogP contribution < -0.4 is 11.1 Å². The molecule has 1 aromatic rings. The molecule has 1 atom stereocenters. The van der Waals surface area contributed by atoms with E-state index in [2.05, 4.69) is 15.5 Å². The highest BCUT2D eigenvalue weighted by Gasteiger charge is 2.19. The third-order valence-electron chi connectivity index (χ3n) is 1.85.